The van der Waals surface area contributed by atoms with E-state index in [9.17, 15) is 14.9 Å². The number of para-hydroxylation sites is 1. The van der Waals surface area contributed by atoms with E-state index in [2.05, 4.69) is 5.32 Å². The fourth-order valence-electron chi connectivity index (χ4n) is 1.79. The van der Waals surface area contributed by atoms with Crippen LogP contribution in [0.5, 0.6) is 0 Å². The van der Waals surface area contributed by atoms with Crippen LogP contribution in [0.15, 0.2) is 24.3 Å². The van der Waals surface area contributed by atoms with Crippen LogP contribution in [-0.4, -0.2) is 29.1 Å². The van der Waals surface area contributed by atoms with Crippen LogP contribution in [0.3, 0.4) is 0 Å². The molecule has 2 N–H and O–H groups in total. The van der Waals surface area contributed by atoms with Gasteiger partial charge in [-0.15, -0.1) is 0 Å². The molecule has 6 nitrogen and oxygen atoms in total. The van der Waals surface area contributed by atoms with Crippen molar-refractivity contribution in [2.45, 2.75) is 19.8 Å². The van der Waals surface area contributed by atoms with Gasteiger partial charge in [0, 0.05) is 19.2 Å². The lowest BCUT2D eigenvalue weighted by atomic mass is 10.0. The number of aliphatic hydroxyl groups excluding tert-OH is 1. The fourth-order valence-corrected chi connectivity index (χ4v) is 1.79. The van der Waals surface area contributed by atoms with Gasteiger partial charge in [-0.25, -0.2) is 0 Å². The lowest BCUT2D eigenvalue weighted by Crippen LogP contribution is -2.30. The molecular formula is C13H18N2O4. The summed E-state index contributed by atoms with van der Waals surface area (Å²) in [4.78, 5) is 22.2. The molecule has 0 aliphatic carbocycles. The second-order valence-corrected chi connectivity index (χ2v) is 4.27. The van der Waals surface area contributed by atoms with E-state index in [1.165, 1.54) is 18.2 Å². The number of carbonyl (C=O) groups is 1. The van der Waals surface area contributed by atoms with E-state index in [4.69, 9.17) is 5.11 Å². The van der Waals surface area contributed by atoms with Gasteiger partial charge in [-0.1, -0.05) is 25.5 Å². The van der Waals surface area contributed by atoms with E-state index < -0.39 is 10.8 Å². The highest BCUT2D eigenvalue weighted by atomic mass is 16.6. The molecule has 19 heavy (non-hydrogen) atoms. The van der Waals surface area contributed by atoms with Crippen molar-refractivity contribution in [2.75, 3.05) is 13.2 Å². The summed E-state index contributed by atoms with van der Waals surface area (Å²) in [5.41, 5.74) is -0.137. The summed E-state index contributed by atoms with van der Waals surface area (Å²) < 4.78 is 0. The van der Waals surface area contributed by atoms with Gasteiger partial charge < -0.3 is 10.4 Å². The predicted octanol–water partition coefficient (Wildman–Crippen LogP) is 1.73. The number of nitro groups is 1. The number of rotatable bonds is 7. The van der Waals surface area contributed by atoms with Gasteiger partial charge in [0.25, 0.3) is 11.6 Å². The Labute approximate surface area is 111 Å². The van der Waals surface area contributed by atoms with Crippen LogP contribution in [0.4, 0.5) is 5.69 Å². The Balaban J connectivity index is 2.71. The number of hydrogen-bond donors (Lipinski definition) is 2. The van der Waals surface area contributed by atoms with Gasteiger partial charge in [0.1, 0.15) is 5.56 Å². The molecule has 1 rings (SSSR count). The first-order valence-corrected chi connectivity index (χ1v) is 6.22. The van der Waals surface area contributed by atoms with E-state index in [1.54, 1.807) is 6.07 Å². The molecule has 1 atom stereocenters. The van der Waals surface area contributed by atoms with E-state index in [0.29, 0.717) is 13.0 Å². The number of nitro benzene ring substituents is 1. The highest BCUT2D eigenvalue weighted by Crippen LogP contribution is 2.17. The summed E-state index contributed by atoms with van der Waals surface area (Å²) in [6.07, 6.45) is 1.44. The second kappa shape index (κ2) is 7.48. The number of aliphatic hydroxyl groups is 1. The zero-order valence-electron chi connectivity index (χ0n) is 10.8. The number of nitrogens with one attached hydrogen (secondary N) is 1. The molecule has 0 fully saturated rings. The van der Waals surface area contributed by atoms with Crippen molar-refractivity contribution in [2.24, 2.45) is 5.92 Å². The largest absolute Gasteiger partial charge is 0.396 e. The van der Waals surface area contributed by atoms with E-state index in [0.717, 1.165) is 6.42 Å². The van der Waals surface area contributed by atoms with E-state index >= 15 is 0 Å². The predicted molar refractivity (Wildman–Crippen MR) is 70.9 cm³/mol. The number of benzene rings is 1. The zero-order valence-corrected chi connectivity index (χ0v) is 10.8. The highest BCUT2D eigenvalue weighted by molar-refractivity contribution is 5.98. The SMILES string of the molecule is CCC(CCO)CNC(=O)c1ccccc1[N+](=O)[O-]. The van der Waals surface area contributed by atoms with Gasteiger partial charge in [0.2, 0.25) is 0 Å². The van der Waals surface area contributed by atoms with Crippen LogP contribution in [0, 0.1) is 16.0 Å². The smallest absolute Gasteiger partial charge is 0.282 e. The average molecular weight is 266 g/mol. The summed E-state index contributed by atoms with van der Waals surface area (Å²) in [5, 5.41) is 22.4. The topological polar surface area (TPSA) is 92.5 Å². The molecule has 0 aliphatic heterocycles. The standard InChI is InChI=1S/C13H18N2O4/c1-2-10(7-8-16)9-14-13(17)11-5-3-4-6-12(11)15(18)19/h3-6,10,16H,2,7-9H2,1H3,(H,14,17). The van der Waals surface area contributed by atoms with Crippen molar-refractivity contribution in [3.05, 3.63) is 39.9 Å². The van der Waals surface area contributed by atoms with Crippen LogP contribution in [0.25, 0.3) is 0 Å². The second-order valence-electron chi connectivity index (χ2n) is 4.27. The normalized spacial score (nSPS) is 11.9. The zero-order chi connectivity index (χ0) is 14.3. The molecule has 6 heteroatoms. The monoisotopic (exact) mass is 266 g/mol. The van der Waals surface area contributed by atoms with Gasteiger partial charge in [0.15, 0.2) is 0 Å². The molecule has 1 unspecified atom stereocenters. The van der Waals surface area contributed by atoms with Crippen molar-refractivity contribution in [3.8, 4) is 0 Å². The summed E-state index contributed by atoms with van der Waals surface area (Å²) >= 11 is 0. The molecule has 0 saturated heterocycles. The molecule has 0 aromatic heterocycles. The molecule has 0 radical (unpaired) electrons. The highest BCUT2D eigenvalue weighted by Gasteiger charge is 2.19. The van der Waals surface area contributed by atoms with Crippen LogP contribution >= 0.6 is 0 Å². The molecular weight excluding hydrogens is 248 g/mol. The average Bonchev–Trinajstić information content (AvgIpc) is 2.43. The molecule has 1 amide bonds. The van der Waals surface area contributed by atoms with Gasteiger partial charge in [-0.2, -0.15) is 0 Å². The Morgan fingerprint density at radius 2 is 2.16 bits per heavy atom. The Morgan fingerprint density at radius 3 is 2.74 bits per heavy atom. The molecule has 1 aromatic carbocycles. The van der Waals surface area contributed by atoms with Crippen LogP contribution in [0.1, 0.15) is 30.1 Å². The number of amides is 1. The first-order chi connectivity index (χ1) is 9.10. The minimum absolute atomic E-state index is 0.0614. The van der Waals surface area contributed by atoms with Crippen molar-refractivity contribution < 1.29 is 14.8 Å². The van der Waals surface area contributed by atoms with E-state index in [-0.39, 0.29) is 23.8 Å². The maximum atomic E-state index is 11.9. The summed E-state index contributed by atoms with van der Waals surface area (Å²) in [7, 11) is 0. The third-order valence-electron chi connectivity index (χ3n) is 3.01. The maximum absolute atomic E-state index is 11.9. The summed E-state index contributed by atoms with van der Waals surface area (Å²) in [5.74, 6) is -0.277. The first-order valence-electron chi connectivity index (χ1n) is 6.22. The Kier molecular flexibility index (Phi) is 5.95. The number of hydrogen-bond acceptors (Lipinski definition) is 4. The Morgan fingerprint density at radius 1 is 1.47 bits per heavy atom. The van der Waals surface area contributed by atoms with Crippen LogP contribution in [0.2, 0.25) is 0 Å². The lowest BCUT2D eigenvalue weighted by molar-refractivity contribution is -0.385. The fraction of sp³-hybridized carbons (Fsp3) is 0.462. The minimum Gasteiger partial charge on any atom is -0.396 e. The Bertz CT molecular complexity index is 448. The van der Waals surface area contributed by atoms with Gasteiger partial charge >= 0.3 is 0 Å². The van der Waals surface area contributed by atoms with Crippen molar-refractivity contribution in [3.63, 3.8) is 0 Å². The Hall–Kier alpha value is -1.95. The number of carbonyl (C=O) groups excluding carboxylic acids is 1. The molecule has 0 aliphatic rings. The lowest BCUT2D eigenvalue weighted by Gasteiger charge is -2.14. The summed E-state index contributed by atoms with van der Waals surface area (Å²) in [6, 6.07) is 5.85. The first kappa shape index (κ1) is 15.1. The van der Waals surface area contributed by atoms with Crippen molar-refractivity contribution in [1.82, 2.24) is 5.32 Å². The quantitative estimate of drug-likeness (QED) is 0.580. The number of nitrogens with zero attached hydrogens (tertiary/aromatic N) is 1. The van der Waals surface area contributed by atoms with E-state index in [1.807, 2.05) is 6.92 Å². The van der Waals surface area contributed by atoms with Gasteiger partial charge in [0.05, 0.1) is 4.92 Å². The van der Waals surface area contributed by atoms with Crippen LogP contribution in [-0.2, 0) is 0 Å². The third kappa shape index (κ3) is 4.33. The molecule has 0 saturated carbocycles. The molecule has 0 heterocycles. The summed E-state index contributed by atoms with van der Waals surface area (Å²) in [6.45, 7) is 2.44. The van der Waals surface area contributed by atoms with Crippen LogP contribution < -0.4 is 5.32 Å². The molecule has 0 bridgehead atoms. The van der Waals surface area contributed by atoms with Crippen molar-refractivity contribution in [1.29, 1.82) is 0 Å². The maximum Gasteiger partial charge on any atom is 0.282 e. The van der Waals surface area contributed by atoms with Gasteiger partial charge in [-0.3, -0.25) is 14.9 Å². The molecule has 1 aromatic rings. The molecule has 0 spiro atoms. The third-order valence-corrected chi connectivity index (χ3v) is 3.01. The van der Waals surface area contributed by atoms with Gasteiger partial charge in [-0.05, 0) is 18.4 Å². The minimum atomic E-state index is -0.570. The molecule has 104 valence electrons. The van der Waals surface area contributed by atoms with Crippen molar-refractivity contribution >= 4 is 11.6 Å².